The Morgan fingerprint density at radius 1 is 0.964 bits per heavy atom. The van der Waals surface area contributed by atoms with E-state index >= 15 is 0 Å². The van der Waals surface area contributed by atoms with Crippen LogP contribution >= 0.6 is 0 Å². The Hall–Kier alpha value is -2.70. The van der Waals surface area contributed by atoms with E-state index in [4.69, 9.17) is 0 Å². The number of sulfonamides is 1. The first-order valence-electron chi connectivity index (χ1n) is 9.38. The Labute approximate surface area is 164 Å². The Morgan fingerprint density at radius 3 is 2.57 bits per heavy atom. The molecule has 5 nitrogen and oxygen atoms in total. The summed E-state index contributed by atoms with van der Waals surface area (Å²) < 4.78 is 27.6. The second-order valence-electron chi connectivity index (χ2n) is 7.01. The van der Waals surface area contributed by atoms with E-state index in [9.17, 15) is 13.2 Å². The highest BCUT2D eigenvalue weighted by molar-refractivity contribution is 7.89. The van der Waals surface area contributed by atoms with Gasteiger partial charge in [0.25, 0.3) is 0 Å². The zero-order valence-electron chi connectivity index (χ0n) is 15.4. The van der Waals surface area contributed by atoms with E-state index in [2.05, 4.69) is 16.1 Å². The molecular weight excluding hydrogens is 372 g/mol. The van der Waals surface area contributed by atoms with Crippen molar-refractivity contribution in [3.8, 4) is 0 Å². The number of hydrogen-bond donors (Lipinski definition) is 2. The van der Waals surface area contributed by atoms with Gasteiger partial charge in [0, 0.05) is 13.0 Å². The van der Waals surface area contributed by atoms with E-state index in [-0.39, 0.29) is 29.8 Å². The van der Waals surface area contributed by atoms with Crippen LogP contribution in [0.15, 0.2) is 71.6 Å². The zero-order valence-corrected chi connectivity index (χ0v) is 16.2. The number of hydrogen-bond acceptors (Lipinski definition) is 3. The summed E-state index contributed by atoms with van der Waals surface area (Å²) >= 11 is 0. The fourth-order valence-electron chi connectivity index (χ4n) is 3.69. The van der Waals surface area contributed by atoms with Crippen molar-refractivity contribution < 1.29 is 13.2 Å². The molecular formula is C22H22N2O3S. The number of carbonyl (C=O) groups excluding carboxylic acids is 1. The molecule has 1 aliphatic carbocycles. The molecule has 0 aromatic heterocycles. The van der Waals surface area contributed by atoms with Crippen LogP contribution in [0.2, 0.25) is 0 Å². The van der Waals surface area contributed by atoms with Gasteiger partial charge in [-0.05, 0) is 46.9 Å². The van der Waals surface area contributed by atoms with Crippen LogP contribution in [-0.2, 0) is 21.2 Å². The molecule has 1 amide bonds. The number of amides is 1. The normalized spacial score (nSPS) is 16.1. The van der Waals surface area contributed by atoms with E-state index in [0.717, 1.165) is 29.2 Å². The Kier molecular flexibility index (Phi) is 5.15. The summed E-state index contributed by atoms with van der Waals surface area (Å²) in [7, 11) is -3.65. The second kappa shape index (κ2) is 7.73. The van der Waals surface area contributed by atoms with Gasteiger partial charge in [0.2, 0.25) is 15.9 Å². The summed E-state index contributed by atoms with van der Waals surface area (Å²) in [5.41, 5.74) is 2.43. The fourth-order valence-corrected chi connectivity index (χ4v) is 4.76. The highest BCUT2D eigenvalue weighted by atomic mass is 32.2. The summed E-state index contributed by atoms with van der Waals surface area (Å²) in [5, 5.41) is 4.86. The Bertz CT molecular complexity index is 1130. The molecule has 6 heteroatoms. The van der Waals surface area contributed by atoms with Crippen LogP contribution in [0.4, 0.5) is 0 Å². The number of aryl methyl sites for hydroxylation is 1. The van der Waals surface area contributed by atoms with E-state index < -0.39 is 10.0 Å². The van der Waals surface area contributed by atoms with Crippen LogP contribution in [0.25, 0.3) is 10.8 Å². The molecule has 0 saturated heterocycles. The van der Waals surface area contributed by atoms with E-state index in [0.29, 0.717) is 0 Å². The van der Waals surface area contributed by atoms with Crippen molar-refractivity contribution in [3.05, 3.63) is 77.9 Å². The molecule has 0 fully saturated rings. The molecule has 1 atom stereocenters. The highest BCUT2D eigenvalue weighted by Gasteiger charge is 2.23. The number of carbonyl (C=O) groups is 1. The SMILES string of the molecule is O=C(CCNS(=O)(=O)c1ccc2ccccc2c1)NC1CCc2ccccc21. The van der Waals surface area contributed by atoms with Crippen LogP contribution in [0, 0.1) is 0 Å². The minimum Gasteiger partial charge on any atom is -0.349 e. The van der Waals surface area contributed by atoms with Crippen LogP contribution in [-0.4, -0.2) is 20.9 Å². The molecule has 0 aliphatic heterocycles. The third-order valence-electron chi connectivity index (χ3n) is 5.14. The molecule has 3 aromatic rings. The summed E-state index contributed by atoms with van der Waals surface area (Å²) in [6.45, 7) is 0.0648. The van der Waals surface area contributed by atoms with Gasteiger partial charge in [0.05, 0.1) is 10.9 Å². The molecule has 28 heavy (non-hydrogen) atoms. The van der Waals surface area contributed by atoms with Crippen LogP contribution < -0.4 is 10.0 Å². The first kappa shape index (κ1) is 18.7. The first-order valence-corrected chi connectivity index (χ1v) is 10.9. The van der Waals surface area contributed by atoms with Crippen molar-refractivity contribution in [3.63, 3.8) is 0 Å². The molecule has 0 spiro atoms. The molecule has 144 valence electrons. The largest absolute Gasteiger partial charge is 0.349 e. The summed E-state index contributed by atoms with van der Waals surface area (Å²) in [5.74, 6) is -0.150. The average molecular weight is 394 g/mol. The van der Waals surface area contributed by atoms with Crippen molar-refractivity contribution in [2.24, 2.45) is 0 Å². The quantitative estimate of drug-likeness (QED) is 0.674. The van der Waals surface area contributed by atoms with Crippen molar-refractivity contribution in [1.29, 1.82) is 0 Å². The minimum atomic E-state index is -3.65. The number of benzene rings is 3. The smallest absolute Gasteiger partial charge is 0.240 e. The van der Waals surface area contributed by atoms with Gasteiger partial charge in [-0.2, -0.15) is 0 Å². The maximum atomic E-state index is 12.5. The maximum absolute atomic E-state index is 12.5. The molecule has 2 N–H and O–H groups in total. The van der Waals surface area contributed by atoms with E-state index in [1.807, 2.05) is 42.5 Å². The van der Waals surface area contributed by atoms with Crippen molar-refractivity contribution in [2.75, 3.05) is 6.54 Å². The van der Waals surface area contributed by atoms with Gasteiger partial charge in [-0.3, -0.25) is 4.79 Å². The van der Waals surface area contributed by atoms with Crippen molar-refractivity contribution in [2.45, 2.75) is 30.2 Å². The molecule has 1 aliphatic rings. The third-order valence-corrected chi connectivity index (χ3v) is 6.60. The predicted octanol–water partition coefficient (Wildman–Crippen LogP) is 3.31. The second-order valence-corrected chi connectivity index (χ2v) is 8.78. The van der Waals surface area contributed by atoms with Crippen LogP contribution in [0.5, 0.6) is 0 Å². The van der Waals surface area contributed by atoms with Crippen molar-refractivity contribution >= 4 is 26.7 Å². The zero-order chi connectivity index (χ0) is 19.6. The topological polar surface area (TPSA) is 75.3 Å². The molecule has 4 rings (SSSR count). The first-order chi connectivity index (χ1) is 13.5. The van der Waals surface area contributed by atoms with Gasteiger partial charge < -0.3 is 5.32 Å². The summed E-state index contributed by atoms with van der Waals surface area (Å²) in [4.78, 5) is 12.5. The van der Waals surface area contributed by atoms with Gasteiger partial charge in [-0.15, -0.1) is 0 Å². The lowest BCUT2D eigenvalue weighted by Gasteiger charge is -2.14. The van der Waals surface area contributed by atoms with Gasteiger partial charge in [0.1, 0.15) is 0 Å². The lowest BCUT2D eigenvalue weighted by Crippen LogP contribution is -2.32. The molecule has 1 unspecified atom stereocenters. The Balaban J connectivity index is 1.34. The lowest BCUT2D eigenvalue weighted by molar-refractivity contribution is -0.121. The number of fused-ring (bicyclic) bond motifs is 2. The molecule has 0 heterocycles. The standard InChI is InChI=1S/C22H22N2O3S/c25-22(24-21-12-10-17-6-3-4-8-20(17)21)13-14-23-28(26,27)19-11-9-16-5-1-2-7-18(16)15-19/h1-9,11,15,21,23H,10,12-14H2,(H,24,25). The maximum Gasteiger partial charge on any atom is 0.240 e. The van der Waals surface area contributed by atoms with Gasteiger partial charge in [-0.1, -0.05) is 54.6 Å². The monoisotopic (exact) mass is 394 g/mol. The predicted molar refractivity (Wildman–Crippen MR) is 109 cm³/mol. The van der Waals surface area contributed by atoms with E-state index in [1.54, 1.807) is 18.2 Å². The van der Waals surface area contributed by atoms with E-state index in [1.165, 1.54) is 5.56 Å². The summed E-state index contributed by atoms with van der Waals surface area (Å²) in [6.07, 6.45) is 1.94. The van der Waals surface area contributed by atoms with Gasteiger partial charge in [0.15, 0.2) is 0 Å². The van der Waals surface area contributed by atoms with Gasteiger partial charge >= 0.3 is 0 Å². The summed E-state index contributed by atoms with van der Waals surface area (Å²) in [6, 6.07) is 20.7. The Morgan fingerprint density at radius 2 is 1.71 bits per heavy atom. The number of nitrogens with one attached hydrogen (secondary N) is 2. The molecule has 0 saturated carbocycles. The van der Waals surface area contributed by atoms with Crippen LogP contribution in [0.1, 0.15) is 30.0 Å². The number of rotatable bonds is 6. The third kappa shape index (κ3) is 3.93. The molecule has 0 radical (unpaired) electrons. The average Bonchev–Trinajstić information content (AvgIpc) is 3.10. The highest BCUT2D eigenvalue weighted by Crippen LogP contribution is 2.30. The minimum absolute atomic E-state index is 0.0146. The fraction of sp³-hybridized carbons (Fsp3) is 0.227. The van der Waals surface area contributed by atoms with Crippen LogP contribution in [0.3, 0.4) is 0 Å². The van der Waals surface area contributed by atoms with Gasteiger partial charge in [-0.25, -0.2) is 13.1 Å². The molecule has 0 bridgehead atoms. The molecule has 3 aromatic carbocycles. The lowest BCUT2D eigenvalue weighted by atomic mass is 10.1. The van der Waals surface area contributed by atoms with Crippen molar-refractivity contribution in [1.82, 2.24) is 10.0 Å².